The van der Waals surface area contributed by atoms with Gasteiger partial charge in [-0.05, 0) is 46.9 Å². The summed E-state index contributed by atoms with van der Waals surface area (Å²) < 4.78 is 10.2. The van der Waals surface area contributed by atoms with Crippen molar-refractivity contribution < 1.29 is 19.0 Å². The molecule has 0 unspecified atom stereocenters. The lowest BCUT2D eigenvalue weighted by molar-refractivity contribution is -0.391. The zero-order valence-electron chi connectivity index (χ0n) is 14.1. The lowest BCUT2D eigenvalue weighted by Gasteiger charge is -2.06. The molecule has 1 heterocycles. The van der Waals surface area contributed by atoms with Crippen molar-refractivity contribution in [1.29, 1.82) is 0 Å². The van der Waals surface area contributed by atoms with Gasteiger partial charge in [0.1, 0.15) is 5.75 Å². The average Bonchev–Trinajstić information content (AvgIpc) is 3.12. The fourth-order valence-electron chi connectivity index (χ4n) is 2.42. The molecule has 9 heteroatoms. The molecule has 0 saturated heterocycles. The third-order valence-corrected chi connectivity index (χ3v) is 4.04. The predicted molar refractivity (Wildman–Crippen MR) is 97.8 cm³/mol. The van der Waals surface area contributed by atoms with Crippen molar-refractivity contribution in [2.45, 2.75) is 6.54 Å². The monoisotopic (exact) mass is 387 g/mol. The van der Waals surface area contributed by atoms with Crippen LogP contribution in [0.2, 0.25) is 5.02 Å². The number of hydrogen-bond acceptors (Lipinski definition) is 6. The number of rotatable bonds is 6. The highest BCUT2D eigenvalue weighted by Gasteiger charge is 2.32. The molecule has 1 aromatic heterocycles. The molecule has 138 valence electrons. The number of aromatic nitrogens is 1. The van der Waals surface area contributed by atoms with Crippen LogP contribution < -0.4 is 10.1 Å². The Labute approximate surface area is 158 Å². The molecule has 3 rings (SSSR count). The van der Waals surface area contributed by atoms with E-state index >= 15 is 0 Å². The number of amides is 1. The number of benzene rings is 2. The molecule has 0 aliphatic carbocycles. The molecule has 1 amide bonds. The fourth-order valence-corrected chi connectivity index (χ4v) is 2.55. The SMILES string of the molecule is COc1ccc(CNC(=O)c2c([N+](=O)[O-])noc2-c2ccc(Cl)cc2)cc1. The second-order valence-electron chi connectivity index (χ2n) is 5.51. The molecule has 2 aromatic carbocycles. The summed E-state index contributed by atoms with van der Waals surface area (Å²) in [4.78, 5) is 23.1. The molecule has 0 saturated carbocycles. The minimum atomic E-state index is -0.759. The van der Waals surface area contributed by atoms with Gasteiger partial charge in [0.25, 0.3) is 5.91 Å². The maximum absolute atomic E-state index is 12.6. The summed E-state index contributed by atoms with van der Waals surface area (Å²) in [5.41, 5.74) is 1.02. The van der Waals surface area contributed by atoms with Crippen molar-refractivity contribution in [2.24, 2.45) is 0 Å². The van der Waals surface area contributed by atoms with Crippen LogP contribution in [-0.4, -0.2) is 23.1 Å². The molecule has 0 radical (unpaired) electrons. The first kappa shape index (κ1) is 18.4. The van der Waals surface area contributed by atoms with Crippen LogP contribution >= 0.6 is 11.6 Å². The number of nitrogens with one attached hydrogen (secondary N) is 1. The second-order valence-corrected chi connectivity index (χ2v) is 5.94. The number of nitrogens with zero attached hydrogens (tertiary/aromatic N) is 2. The lowest BCUT2D eigenvalue weighted by atomic mass is 10.1. The Morgan fingerprint density at radius 2 is 1.89 bits per heavy atom. The summed E-state index contributed by atoms with van der Waals surface area (Å²) in [5, 5.41) is 17.8. The van der Waals surface area contributed by atoms with Gasteiger partial charge in [-0.15, -0.1) is 0 Å². The first-order valence-electron chi connectivity index (χ1n) is 7.80. The molecule has 3 aromatic rings. The summed E-state index contributed by atoms with van der Waals surface area (Å²) >= 11 is 5.85. The van der Waals surface area contributed by atoms with Gasteiger partial charge in [0.05, 0.1) is 7.11 Å². The van der Waals surface area contributed by atoms with Gasteiger partial charge in [-0.2, -0.15) is 0 Å². The Balaban J connectivity index is 1.86. The van der Waals surface area contributed by atoms with Crippen LogP contribution in [0.25, 0.3) is 11.3 Å². The van der Waals surface area contributed by atoms with E-state index in [1.807, 2.05) is 0 Å². The van der Waals surface area contributed by atoms with Crippen LogP contribution in [0.3, 0.4) is 0 Å². The maximum Gasteiger partial charge on any atom is 0.427 e. The third kappa shape index (κ3) is 4.06. The van der Waals surface area contributed by atoms with E-state index in [1.165, 1.54) is 0 Å². The van der Waals surface area contributed by atoms with E-state index in [2.05, 4.69) is 10.5 Å². The molecule has 0 atom stereocenters. The maximum atomic E-state index is 12.6. The first-order chi connectivity index (χ1) is 13.0. The number of carbonyl (C=O) groups is 1. The summed E-state index contributed by atoms with van der Waals surface area (Å²) in [5.74, 6) is -0.619. The summed E-state index contributed by atoms with van der Waals surface area (Å²) in [7, 11) is 1.56. The number of hydrogen-bond donors (Lipinski definition) is 1. The van der Waals surface area contributed by atoms with E-state index in [-0.39, 0.29) is 17.9 Å². The van der Waals surface area contributed by atoms with E-state index in [0.717, 1.165) is 5.56 Å². The van der Waals surface area contributed by atoms with Crippen LogP contribution in [0.1, 0.15) is 15.9 Å². The topological polar surface area (TPSA) is 108 Å². The molecule has 0 aliphatic heterocycles. The number of carbonyl (C=O) groups excluding carboxylic acids is 1. The van der Waals surface area contributed by atoms with Gasteiger partial charge in [0.2, 0.25) is 5.76 Å². The molecule has 0 fully saturated rings. The van der Waals surface area contributed by atoms with Gasteiger partial charge in [-0.25, -0.2) is 0 Å². The quantitative estimate of drug-likeness (QED) is 0.508. The lowest BCUT2D eigenvalue weighted by Crippen LogP contribution is -2.23. The molecule has 0 aliphatic rings. The van der Waals surface area contributed by atoms with Gasteiger partial charge in [0.15, 0.2) is 10.7 Å². The van der Waals surface area contributed by atoms with Crippen LogP contribution in [0.4, 0.5) is 5.82 Å². The third-order valence-electron chi connectivity index (χ3n) is 3.79. The largest absolute Gasteiger partial charge is 0.497 e. The summed E-state index contributed by atoms with van der Waals surface area (Å²) in [6.45, 7) is 0.172. The van der Waals surface area contributed by atoms with E-state index in [0.29, 0.717) is 16.3 Å². The Bertz CT molecular complexity index is 968. The standard InChI is InChI=1S/C18H14ClN3O5/c1-26-14-8-2-11(3-9-14)10-20-18(23)15-16(27-21-17(15)22(24)25)12-4-6-13(19)7-5-12/h2-9H,10H2,1H3,(H,20,23). The van der Waals surface area contributed by atoms with Crippen molar-refractivity contribution in [3.63, 3.8) is 0 Å². The van der Waals surface area contributed by atoms with Crippen LogP contribution in [0, 0.1) is 10.1 Å². The number of methoxy groups -OCH3 is 1. The summed E-state index contributed by atoms with van der Waals surface area (Å²) in [6, 6.07) is 13.4. The highest BCUT2D eigenvalue weighted by atomic mass is 35.5. The highest BCUT2D eigenvalue weighted by molar-refractivity contribution is 6.30. The van der Waals surface area contributed by atoms with Crippen LogP contribution in [0.5, 0.6) is 5.75 Å². The van der Waals surface area contributed by atoms with E-state index in [1.54, 1.807) is 55.6 Å². The molecule has 8 nitrogen and oxygen atoms in total. The van der Waals surface area contributed by atoms with E-state index < -0.39 is 16.6 Å². The number of ether oxygens (including phenoxy) is 1. The Morgan fingerprint density at radius 3 is 2.48 bits per heavy atom. The zero-order valence-corrected chi connectivity index (χ0v) is 14.9. The Kier molecular flexibility index (Phi) is 5.37. The van der Waals surface area contributed by atoms with Crippen molar-refractivity contribution in [2.75, 3.05) is 7.11 Å². The van der Waals surface area contributed by atoms with Gasteiger partial charge in [-0.1, -0.05) is 23.7 Å². The van der Waals surface area contributed by atoms with Crippen molar-refractivity contribution in [3.8, 4) is 17.1 Å². The van der Waals surface area contributed by atoms with Crippen molar-refractivity contribution in [1.82, 2.24) is 10.5 Å². The molecule has 1 N–H and O–H groups in total. The van der Waals surface area contributed by atoms with E-state index in [9.17, 15) is 14.9 Å². The van der Waals surface area contributed by atoms with Gasteiger partial charge in [-0.3, -0.25) is 9.32 Å². The Morgan fingerprint density at radius 1 is 1.22 bits per heavy atom. The van der Waals surface area contributed by atoms with Gasteiger partial charge >= 0.3 is 5.82 Å². The predicted octanol–water partition coefficient (Wildman–Crippen LogP) is 3.84. The van der Waals surface area contributed by atoms with Crippen LogP contribution in [-0.2, 0) is 6.54 Å². The summed E-state index contributed by atoms with van der Waals surface area (Å²) in [6.07, 6.45) is 0. The molecule has 27 heavy (non-hydrogen) atoms. The first-order valence-corrected chi connectivity index (χ1v) is 8.18. The van der Waals surface area contributed by atoms with Gasteiger partial charge < -0.3 is 20.2 Å². The van der Waals surface area contributed by atoms with E-state index in [4.69, 9.17) is 20.9 Å². The minimum absolute atomic E-state index is 0.00518. The number of halogens is 1. The van der Waals surface area contributed by atoms with Crippen molar-refractivity contribution in [3.05, 3.63) is 74.8 Å². The van der Waals surface area contributed by atoms with Crippen LogP contribution in [0.15, 0.2) is 53.1 Å². The molecule has 0 bridgehead atoms. The normalized spacial score (nSPS) is 10.4. The second kappa shape index (κ2) is 7.88. The smallest absolute Gasteiger partial charge is 0.427 e. The molecular weight excluding hydrogens is 374 g/mol. The Hall–Kier alpha value is -3.39. The van der Waals surface area contributed by atoms with Crippen molar-refractivity contribution >= 4 is 23.3 Å². The minimum Gasteiger partial charge on any atom is -0.497 e. The average molecular weight is 388 g/mol. The molecule has 0 spiro atoms. The molecular formula is C18H14ClN3O5. The highest BCUT2D eigenvalue weighted by Crippen LogP contribution is 2.31. The van der Waals surface area contributed by atoms with Gasteiger partial charge in [0, 0.05) is 17.1 Å². The zero-order chi connectivity index (χ0) is 19.4. The fraction of sp³-hybridized carbons (Fsp3) is 0.111. The number of nitro groups is 1.